The first-order chi connectivity index (χ1) is 9.22. The van der Waals surface area contributed by atoms with Crippen molar-refractivity contribution in [2.45, 2.75) is 37.3 Å². The van der Waals surface area contributed by atoms with Crippen molar-refractivity contribution in [2.24, 2.45) is 0 Å². The molecule has 1 aliphatic carbocycles. The highest BCUT2D eigenvalue weighted by Gasteiger charge is 2.39. The first-order valence-corrected chi connectivity index (χ1v) is 6.88. The summed E-state index contributed by atoms with van der Waals surface area (Å²) in [4.78, 5) is 17.7. The van der Waals surface area contributed by atoms with E-state index >= 15 is 0 Å². The van der Waals surface area contributed by atoms with Crippen molar-refractivity contribution in [3.05, 3.63) is 27.9 Å². The summed E-state index contributed by atoms with van der Waals surface area (Å²) in [6.07, 6.45) is 3.23. The number of fused-ring (bicyclic) bond motifs is 2. The van der Waals surface area contributed by atoms with Gasteiger partial charge in [0.15, 0.2) is 0 Å². The Morgan fingerprint density at radius 3 is 2.84 bits per heavy atom. The van der Waals surface area contributed by atoms with Crippen molar-refractivity contribution in [3.8, 4) is 0 Å². The van der Waals surface area contributed by atoms with E-state index in [1.165, 1.54) is 0 Å². The molecule has 2 saturated heterocycles. The molecule has 3 aliphatic rings. The number of anilines is 1. The third kappa shape index (κ3) is 1.78. The summed E-state index contributed by atoms with van der Waals surface area (Å²) in [6.45, 7) is 1.97. The fourth-order valence-corrected chi connectivity index (χ4v) is 3.27. The van der Waals surface area contributed by atoms with E-state index in [-0.39, 0.29) is 10.6 Å². The Bertz CT molecular complexity index is 543. The largest absolute Gasteiger partial charge is 0.351 e. The molecule has 19 heavy (non-hydrogen) atoms. The molecule has 1 N–H and O–H groups in total. The van der Waals surface area contributed by atoms with Crippen LogP contribution in [0.1, 0.15) is 30.9 Å². The molecule has 6 nitrogen and oxygen atoms in total. The average molecular weight is 260 g/mol. The molecule has 4 rings (SSSR count). The van der Waals surface area contributed by atoms with Crippen molar-refractivity contribution in [1.29, 1.82) is 0 Å². The molecule has 1 aromatic heterocycles. The van der Waals surface area contributed by atoms with Gasteiger partial charge in [0, 0.05) is 37.2 Å². The molecule has 3 heterocycles. The zero-order valence-corrected chi connectivity index (χ0v) is 10.6. The number of piperazine rings is 1. The van der Waals surface area contributed by atoms with Crippen LogP contribution >= 0.6 is 0 Å². The molecule has 2 aliphatic heterocycles. The summed E-state index contributed by atoms with van der Waals surface area (Å²) in [7, 11) is 0. The van der Waals surface area contributed by atoms with E-state index < -0.39 is 0 Å². The minimum atomic E-state index is -0.303. The Balaban J connectivity index is 1.70. The van der Waals surface area contributed by atoms with Crippen LogP contribution in [-0.2, 0) is 0 Å². The van der Waals surface area contributed by atoms with Crippen molar-refractivity contribution < 1.29 is 4.92 Å². The summed E-state index contributed by atoms with van der Waals surface area (Å²) in [6, 6.07) is 4.51. The molecule has 2 atom stereocenters. The van der Waals surface area contributed by atoms with Crippen LogP contribution in [0.25, 0.3) is 0 Å². The Hall–Kier alpha value is -1.69. The minimum absolute atomic E-state index is 0.189. The lowest BCUT2D eigenvalue weighted by Gasteiger charge is -2.28. The fourth-order valence-electron chi connectivity index (χ4n) is 3.27. The number of pyridine rings is 1. The molecule has 2 unspecified atom stereocenters. The van der Waals surface area contributed by atoms with E-state index in [4.69, 9.17) is 0 Å². The van der Waals surface area contributed by atoms with Crippen LogP contribution in [0.5, 0.6) is 0 Å². The van der Waals surface area contributed by atoms with Crippen LogP contribution in [0, 0.1) is 10.1 Å². The van der Waals surface area contributed by atoms with Gasteiger partial charge in [-0.1, -0.05) is 0 Å². The van der Waals surface area contributed by atoms with Gasteiger partial charge in [0.25, 0.3) is 5.69 Å². The second-order valence-electron chi connectivity index (χ2n) is 5.75. The van der Waals surface area contributed by atoms with Crippen molar-refractivity contribution in [1.82, 2.24) is 10.3 Å². The van der Waals surface area contributed by atoms with Gasteiger partial charge in [-0.05, 0) is 25.3 Å². The number of nitrogens with zero attached hydrogens (tertiary/aromatic N) is 3. The molecule has 1 saturated carbocycles. The lowest BCUT2D eigenvalue weighted by molar-refractivity contribution is -0.385. The molecule has 0 amide bonds. The zero-order valence-electron chi connectivity index (χ0n) is 10.6. The maximum atomic E-state index is 11.1. The Labute approximate surface area is 111 Å². The van der Waals surface area contributed by atoms with Crippen molar-refractivity contribution in [2.75, 3.05) is 18.0 Å². The number of nitro groups is 1. The van der Waals surface area contributed by atoms with E-state index in [1.54, 1.807) is 6.07 Å². The molecule has 6 heteroatoms. The van der Waals surface area contributed by atoms with Gasteiger partial charge >= 0.3 is 0 Å². The Kier molecular flexibility index (Phi) is 2.29. The maximum Gasteiger partial charge on any atom is 0.291 e. The van der Waals surface area contributed by atoms with E-state index in [9.17, 15) is 10.1 Å². The van der Waals surface area contributed by atoms with Crippen LogP contribution in [0.2, 0.25) is 0 Å². The summed E-state index contributed by atoms with van der Waals surface area (Å²) >= 11 is 0. The Morgan fingerprint density at radius 1 is 1.42 bits per heavy atom. The van der Waals surface area contributed by atoms with Gasteiger partial charge in [0.2, 0.25) is 0 Å². The van der Waals surface area contributed by atoms with Crippen molar-refractivity contribution >= 4 is 11.5 Å². The van der Waals surface area contributed by atoms with Crippen LogP contribution < -0.4 is 10.2 Å². The Morgan fingerprint density at radius 2 is 2.26 bits per heavy atom. The topological polar surface area (TPSA) is 71.3 Å². The molecule has 0 aromatic carbocycles. The SMILES string of the molecule is O=[N+]([O-])c1ccc(N2CC3CC2CN3)nc1C1CC1. The highest BCUT2D eigenvalue weighted by Crippen LogP contribution is 2.44. The normalized spacial score (nSPS) is 28.9. The highest BCUT2D eigenvalue weighted by molar-refractivity contribution is 5.51. The standard InChI is InChI=1S/C13H16N4O2/c18-17(19)11-3-4-12(15-13(11)8-1-2-8)16-7-9-5-10(16)6-14-9/h3-4,8-10,14H,1-2,5-7H2. The fraction of sp³-hybridized carbons (Fsp3) is 0.615. The van der Waals surface area contributed by atoms with E-state index in [2.05, 4.69) is 15.2 Å². The average Bonchev–Trinajstić information content (AvgIpc) is 3.05. The van der Waals surface area contributed by atoms with Gasteiger partial charge in [-0.25, -0.2) is 4.98 Å². The predicted molar refractivity (Wildman–Crippen MR) is 70.4 cm³/mol. The number of aromatic nitrogens is 1. The highest BCUT2D eigenvalue weighted by atomic mass is 16.6. The molecule has 0 spiro atoms. The monoisotopic (exact) mass is 260 g/mol. The summed E-state index contributed by atoms with van der Waals surface area (Å²) < 4.78 is 0. The van der Waals surface area contributed by atoms with Gasteiger partial charge in [0.1, 0.15) is 11.5 Å². The van der Waals surface area contributed by atoms with Crippen LogP contribution in [-0.4, -0.2) is 35.1 Å². The number of hydrogen-bond acceptors (Lipinski definition) is 5. The molecule has 0 radical (unpaired) electrons. The van der Waals surface area contributed by atoms with Gasteiger partial charge in [-0.15, -0.1) is 0 Å². The van der Waals surface area contributed by atoms with Crippen molar-refractivity contribution in [3.63, 3.8) is 0 Å². The second-order valence-corrected chi connectivity index (χ2v) is 5.75. The third-order valence-electron chi connectivity index (χ3n) is 4.40. The molecule has 2 bridgehead atoms. The smallest absolute Gasteiger partial charge is 0.291 e. The third-order valence-corrected chi connectivity index (χ3v) is 4.40. The van der Waals surface area contributed by atoms with Gasteiger partial charge in [-0.2, -0.15) is 0 Å². The van der Waals surface area contributed by atoms with E-state index in [1.807, 2.05) is 6.07 Å². The number of nitrogens with one attached hydrogen (secondary N) is 1. The van der Waals surface area contributed by atoms with Gasteiger partial charge in [-0.3, -0.25) is 10.1 Å². The second kappa shape index (κ2) is 3.90. The predicted octanol–water partition coefficient (Wildman–Crippen LogP) is 1.42. The quantitative estimate of drug-likeness (QED) is 0.657. The zero-order chi connectivity index (χ0) is 13.0. The van der Waals surface area contributed by atoms with E-state index in [0.29, 0.717) is 23.7 Å². The number of hydrogen-bond donors (Lipinski definition) is 1. The van der Waals surface area contributed by atoms with Gasteiger partial charge in [0.05, 0.1) is 4.92 Å². The first kappa shape index (κ1) is 11.2. The molecule has 100 valence electrons. The van der Waals surface area contributed by atoms with Crippen LogP contribution in [0.3, 0.4) is 0 Å². The number of rotatable bonds is 3. The summed E-state index contributed by atoms with van der Waals surface area (Å²) in [5.74, 6) is 1.22. The summed E-state index contributed by atoms with van der Waals surface area (Å²) in [5, 5.41) is 14.5. The van der Waals surface area contributed by atoms with Crippen LogP contribution in [0.4, 0.5) is 11.5 Å². The molecular weight excluding hydrogens is 244 g/mol. The van der Waals surface area contributed by atoms with E-state index in [0.717, 1.165) is 38.2 Å². The minimum Gasteiger partial charge on any atom is -0.351 e. The van der Waals surface area contributed by atoms with Crippen LogP contribution in [0.15, 0.2) is 12.1 Å². The molecule has 1 aromatic rings. The molecular formula is C13H16N4O2. The maximum absolute atomic E-state index is 11.1. The summed E-state index contributed by atoms with van der Waals surface area (Å²) in [5.41, 5.74) is 0.881. The van der Waals surface area contributed by atoms with Gasteiger partial charge < -0.3 is 10.2 Å². The molecule has 3 fully saturated rings. The lowest BCUT2D eigenvalue weighted by Crippen LogP contribution is -2.44. The lowest BCUT2D eigenvalue weighted by atomic mass is 10.2. The first-order valence-electron chi connectivity index (χ1n) is 6.88.